The zero-order valence-electron chi connectivity index (χ0n) is 15.8. The monoisotopic (exact) mass is 363 g/mol. The molecule has 0 saturated carbocycles. The number of aromatic nitrogens is 2. The maximum atomic E-state index is 12.9. The fourth-order valence-corrected chi connectivity index (χ4v) is 3.79. The van der Waals surface area contributed by atoms with Crippen LogP contribution in [0, 0.1) is 0 Å². The number of rotatable bonds is 5. The van der Waals surface area contributed by atoms with E-state index in [0.717, 1.165) is 47.6 Å². The van der Waals surface area contributed by atoms with Gasteiger partial charge in [0.15, 0.2) is 6.61 Å². The van der Waals surface area contributed by atoms with Crippen molar-refractivity contribution >= 4 is 16.9 Å². The zero-order valence-corrected chi connectivity index (χ0v) is 15.8. The van der Waals surface area contributed by atoms with Crippen LogP contribution in [0.1, 0.15) is 50.0 Å². The van der Waals surface area contributed by atoms with E-state index in [-0.39, 0.29) is 18.6 Å². The molecule has 2 aromatic carbocycles. The lowest BCUT2D eigenvalue weighted by molar-refractivity contribution is -0.134. The minimum absolute atomic E-state index is 0.00570. The van der Waals surface area contributed by atoms with E-state index in [1.165, 1.54) is 0 Å². The number of H-pyrrole nitrogens is 1. The van der Waals surface area contributed by atoms with Gasteiger partial charge in [-0.3, -0.25) is 4.79 Å². The number of hydrogen-bond donors (Lipinski definition) is 1. The summed E-state index contributed by atoms with van der Waals surface area (Å²) in [6.45, 7) is 5.06. The minimum Gasteiger partial charge on any atom is -0.483 e. The maximum absolute atomic E-state index is 12.9. The molecule has 1 atom stereocenters. The third-order valence-electron chi connectivity index (χ3n) is 5.19. The number of amides is 1. The van der Waals surface area contributed by atoms with Crippen molar-refractivity contribution in [2.45, 2.75) is 38.6 Å². The average Bonchev–Trinajstić information content (AvgIpc) is 3.32. The summed E-state index contributed by atoms with van der Waals surface area (Å²) in [7, 11) is 0. The number of fused-ring (bicyclic) bond motifs is 1. The first-order chi connectivity index (χ1) is 13.1. The number of carbonyl (C=O) groups is 1. The molecule has 0 radical (unpaired) electrons. The number of carbonyl (C=O) groups excluding carboxylic acids is 1. The minimum atomic E-state index is -0.00570. The lowest BCUT2D eigenvalue weighted by atomic mass is 10.0. The van der Waals surface area contributed by atoms with Gasteiger partial charge in [0.05, 0.1) is 17.1 Å². The van der Waals surface area contributed by atoms with Crippen LogP contribution < -0.4 is 4.74 Å². The Morgan fingerprint density at radius 1 is 1.22 bits per heavy atom. The van der Waals surface area contributed by atoms with Gasteiger partial charge < -0.3 is 14.6 Å². The Morgan fingerprint density at radius 3 is 2.81 bits per heavy atom. The summed E-state index contributed by atoms with van der Waals surface area (Å²) >= 11 is 0. The van der Waals surface area contributed by atoms with Gasteiger partial charge in [-0.15, -0.1) is 0 Å². The number of hydrogen-bond acceptors (Lipinski definition) is 3. The molecule has 0 aliphatic carbocycles. The van der Waals surface area contributed by atoms with Crippen LogP contribution >= 0.6 is 0 Å². The number of aromatic amines is 1. The van der Waals surface area contributed by atoms with E-state index in [2.05, 4.69) is 24.9 Å². The van der Waals surface area contributed by atoms with Gasteiger partial charge >= 0.3 is 0 Å². The van der Waals surface area contributed by atoms with Crippen LogP contribution in [0.5, 0.6) is 5.75 Å². The highest BCUT2D eigenvalue weighted by Gasteiger charge is 2.32. The molecule has 140 valence electrons. The van der Waals surface area contributed by atoms with Crippen LogP contribution in [-0.2, 0) is 4.79 Å². The summed E-state index contributed by atoms with van der Waals surface area (Å²) in [5.74, 6) is 2.02. The molecule has 0 unspecified atom stereocenters. The second-order valence-electron chi connectivity index (χ2n) is 7.37. The molecule has 5 nitrogen and oxygen atoms in total. The van der Waals surface area contributed by atoms with Crippen molar-refractivity contribution in [3.05, 3.63) is 59.9 Å². The second kappa shape index (κ2) is 7.43. The summed E-state index contributed by atoms with van der Waals surface area (Å²) in [4.78, 5) is 22.8. The van der Waals surface area contributed by atoms with Crippen molar-refractivity contribution in [2.75, 3.05) is 13.2 Å². The Hall–Kier alpha value is -2.82. The highest BCUT2D eigenvalue weighted by atomic mass is 16.5. The van der Waals surface area contributed by atoms with Crippen LogP contribution in [0.3, 0.4) is 0 Å². The van der Waals surface area contributed by atoms with Crippen molar-refractivity contribution in [1.29, 1.82) is 0 Å². The number of nitrogens with one attached hydrogen (secondary N) is 1. The van der Waals surface area contributed by atoms with Crippen molar-refractivity contribution in [1.82, 2.24) is 14.9 Å². The second-order valence-corrected chi connectivity index (χ2v) is 7.37. The summed E-state index contributed by atoms with van der Waals surface area (Å²) in [6.07, 6.45) is 1.91. The SMILES string of the molecule is CC(C)c1ccccc1OCC(=O)N1CCC[C@@H]1c1nc2ccccc2[nH]1. The summed E-state index contributed by atoms with van der Waals surface area (Å²) in [6, 6.07) is 15.9. The van der Waals surface area contributed by atoms with Gasteiger partial charge in [-0.05, 0) is 42.5 Å². The standard InChI is InChI=1S/C22H25N3O2/c1-15(2)16-8-3-6-12-20(16)27-14-21(26)25-13-7-11-19(25)22-23-17-9-4-5-10-18(17)24-22/h3-6,8-10,12,15,19H,7,11,13-14H2,1-2H3,(H,23,24)/t19-/m1/s1. The summed E-state index contributed by atoms with van der Waals surface area (Å²) < 4.78 is 5.89. The number of likely N-dealkylation sites (tertiary alicyclic amines) is 1. The molecule has 3 aromatic rings. The summed E-state index contributed by atoms with van der Waals surface area (Å²) in [5.41, 5.74) is 3.07. The third kappa shape index (κ3) is 3.54. The van der Waals surface area contributed by atoms with Gasteiger partial charge in [0.2, 0.25) is 0 Å². The Labute approximate surface area is 159 Å². The average molecular weight is 363 g/mol. The molecule has 2 heterocycles. The number of nitrogens with zero attached hydrogens (tertiary/aromatic N) is 2. The number of benzene rings is 2. The van der Waals surface area contributed by atoms with Crippen LogP contribution in [-0.4, -0.2) is 33.9 Å². The number of imidazole rings is 1. The van der Waals surface area contributed by atoms with E-state index in [0.29, 0.717) is 5.92 Å². The van der Waals surface area contributed by atoms with E-state index in [1.807, 2.05) is 47.4 Å². The zero-order chi connectivity index (χ0) is 18.8. The topological polar surface area (TPSA) is 58.2 Å². The smallest absolute Gasteiger partial charge is 0.261 e. The number of ether oxygens (including phenoxy) is 1. The molecule has 1 N–H and O–H groups in total. The van der Waals surface area contributed by atoms with Gasteiger partial charge in [0, 0.05) is 6.54 Å². The molecule has 5 heteroatoms. The molecular formula is C22H25N3O2. The fraction of sp³-hybridized carbons (Fsp3) is 0.364. The molecular weight excluding hydrogens is 338 g/mol. The van der Waals surface area contributed by atoms with Crippen LogP contribution in [0.25, 0.3) is 11.0 Å². The molecule has 1 aromatic heterocycles. The van der Waals surface area contributed by atoms with Crippen LogP contribution in [0.4, 0.5) is 0 Å². The largest absolute Gasteiger partial charge is 0.483 e. The van der Waals surface area contributed by atoms with Gasteiger partial charge in [0.25, 0.3) is 5.91 Å². The predicted molar refractivity (Wildman–Crippen MR) is 106 cm³/mol. The molecule has 1 aliphatic rings. The Balaban J connectivity index is 1.48. The molecule has 1 amide bonds. The first kappa shape index (κ1) is 17.6. The van der Waals surface area contributed by atoms with Gasteiger partial charge in [-0.25, -0.2) is 4.98 Å². The van der Waals surface area contributed by atoms with E-state index >= 15 is 0 Å². The number of para-hydroxylation sites is 3. The molecule has 0 spiro atoms. The fourth-order valence-electron chi connectivity index (χ4n) is 3.79. The highest BCUT2D eigenvalue weighted by Crippen LogP contribution is 2.32. The van der Waals surface area contributed by atoms with Crippen LogP contribution in [0.2, 0.25) is 0 Å². The van der Waals surface area contributed by atoms with Crippen molar-refractivity contribution in [2.24, 2.45) is 0 Å². The highest BCUT2D eigenvalue weighted by molar-refractivity contribution is 5.79. The van der Waals surface area contributed by atoms with E-state index < -0.39 is 0 Å². The lowest BCUT2D eigenvalue weighted by Crippen LogP contribution is -2.35. The van der Waals surface area contributed by atoms with Gasteiger partial charge in [-0.2, -0.15) is 0 Å². The van der Waals surface area contributed by atoms with E-state index in [1.54, 1.807) is 0 Å². The summed E-state index contributed by atoms with van der Waals surface area (Å²) in [5, 5.41) is 0. The lowest BCUT2D eigenvalue weighted by Gasteiger charge is -2.23. The maximum Gasteiger partial charge on any atom is 0.261 e. The molecule has 1 aliphatic heterocycles. The van der Waals surface area contributed by atoms with Crippen molar-refractivity contribution in [3.8, 4) is 5.75 Å². The van der Waals surface area contributed by atoms with Crippen molar-refractivity contribution in [3.63, 3.8) is 0 Å². The third-order valence-corrected chi connectivity index (χ3v) is 5.19. The predicted octanol–water partition coefficient (Wildman–Crippen LogP) is 4.43. The molecule has 0 bridgehead atoms. The normalized spacial score (nSPS) is 17.0. The molecule has 1 fully saturated rings. The Bertz CT molecular complexity index is 914. The molecule has 4 rings (SSSR count). The van der Waals surface area contributed by atoms with Gasteiger partial charge in [-0.1, -0.05) is 44.2 Å². The van der Waals surface area contributed by atoms with Crippen LogP contribution in [0.15, 0.2) is 48.5 Å². The first-order valence-electron chi connectivity index (χ1n) is 9.59. The van der Waals surface area contributed by atoms with Crippen molar-refractivity contribution < 1.29 is 9.53 Å². The first-order valence-corrected chi connectivity index (χ1v) is 9.59. The molecule has 1 saturated heterocycles. The Kier molecular flexibility index (Phi) is 4.84. The van der Waals surface area contributed by atoms with E-state index in [4.69, 9.17) is 9.72 Å². The quantitative estimate of drug-likeness (QED) is 0.729. The Morgan fingerprint density at radius 2 is 2.00 bits per heavy atom. The van der Waals surface area contributed by atoms with E-state index in [9.17, 15) is 4.79 Å². The molecule has 27 heavy (non-hydrogen) atoms. The van der Waals surface area contributed by atoms with Gasteiger partial charge in [0.1, 0.15) is 11.6 Å².